The highest BCUT2D eigenvalue weighted by Crippen LogP contribution is 2.26. The predicted molar refractivity (Wildman–Crippen MR) is 129 cm³/mol. The van der Waals surface area contributed by atoms with E-state index < -0.39 is 0 Å². The van der Waals surface area contributed by atoms with Crippen molar-refractivity contribution in [3.8, 4) is 0 Å². The minimum Gasteiger partial charge on any atom is -0.353 e. The van der Waals surface area contributed by atoms with Crippen LogP contribution < -0.4 is 5.32 Å². The van der Waals surface area contributed by atoms with Crippen molar-refractivity contribution in [2.24, 2.45) is 0 Å². The molecule has 158 valence electrons. The Balaban J connectivity index is 1.56. The van der Waals surface area contributed by atoms with E-state index >= 15 is 0 Å². The summed E-state index contributed by atoms with van der Waals surface area (Å²) < 4.78 is 0. The lowest BCUT2D eigenvalue weighted by molar-refractivity contribution is -0.116. The molecule has 0 saturated heterocycles. The molecule has 3 rings (SSSR count). The van der Waals surface area contributed by atoms with Crippen LogP contribution in [0.4, 0.5) is 0 Å². The number of benzene rings is 2. The zero-order valence-corrected chi connectivity index (χ0v) is 18.6. The van der Waals surface area contributed by atoms with Gasteiger partial charge in [0.1, 0.15) is 0 Å². The van der Waals surface area contributed by atoms with E-state index in [1.165, 1.54) is 5.56 Å². The first kappa shape index (κ1) is 22.8. The highest BCUT2D eigenvalue weighted by atomic mass is 35.5. The van der Waals surface area contributed by atoms with Crippen LogP contribution in [-0.4, -0.2) is 17.4 Å². The number of hydrogen-bond donors (Lipinski definition) is 1. The number of pyridine rings is 1. The molecule has 0 spiro atoms. The normalized spacial score (nSPS) is 10.8. The molecular weight excluding hydrogens is 427 g/mol. The van der Waals surface area contributed by atoms with Crippen molar-refractivity contribution >= 4 is 34.7 Å². The Bertz CT molecular complexity index is 980. The average molecular weight is 451 g/mol. The van der Waals surface area contributed by atoms with Crippen molar-refractivity contribution < 1.29 is 4.79 Å². The molecule has 3 aromatic rings. The molecule has 5 heteroatoms. The summed E-state index contributed by atoms with van der Waals surface area (Å²) in [5.41, 5.74) is 4.21. The number of aromatic nitrogens is 1. The Hall–Kier alpha value is -2.88. The number of rotatable bonds is 9. The molecule has 3 nitrogen and oxygen atoms in total. The number of nitrogens with one attached hydrogen (secondary N) is 1. The molecule has 0 aliphatic carbocycles. The van der Waals surface area contributed by atoms with E-state index in [0.717, 1.165) is 36.0 Å². The number of halogens is 2. The first-order valence-electron chi connectivity index (χ1n) is 10.2. The first-order chi connectivity index (χ1) is 15.1. The minimum atomic E-state index is -0.107. The van der Waals surface area contributed by atoms with Crippen molar-refractivity contribution in [3.63, 3.8) is 0 Å². The molecule has 2 aromatic carbocycles. The Kier molecular flexibility index (Phi) is 8.89. The van der Waals surface area contributed by atoms with Crippen LogP contribution in [0.25, 0.3) is 5.57 Å². The summed E-state index contributed by atoms with van der Waals surface area (Å²) in [4.78, 5) is 16.3. The summed E-state index contributed by atoms with van der Waals surface area (Å²) in [6, 6.07) is 19.2. The molecule has 0 radical (unpaired) electrons. The van der Waals surface area contributed by atoms with Crippen LogP contribution in [0.2, 0.25) is 10.0 Å². The second-order valence-electron chi connectivity index (χ2n) is 7.06. The van der Waals surface area contributed by atoms with Crippen molar-refractivity contribution in [2.45, 2.75) is 19.3 Å². The van der Waals surface area contributed by atoms with E-state index in [-0.39, 0.29) is 5.91 Å². The lowest BCUT2D eigenvalue weighted by Gasteiger charge is -2.08. The molecule has 0 atom stereocenters. The van der Waals surface area contributed by atoms with Gasteiger partial charge in [-0.3, -0.25) is 9.78 Å². The molecule has 0 bridgehead atoms. The van der Waals surface area contributed by atoms with E-state index in [2.05, 4.69) is 16.4 Å². The molecule has 1 N–H and O–H groups in total. The van der Waals surface area contributed by atoms with E-state index in [9.17, 15) is 4.79 Å². The Labute approximate surface area is 193 Å². The number of amides is 1. The highest BCUT2D eigenvalue weighted by Gasteiger charge is 2.05. The Morgan fingerprint density at radius 3 is 2.13 bits per heavy atom. The first-order valence-corrected chi connectivity index (χ1v) is 10.9. The second-order valence-corrected chi connectivity index (χ2v) is 7.94. The molecule has 31 heavy (non-hydrogen) atoms. The van der Waals surface area contributed by atoms with E-state index in [1.54, 1.807) is 18.3 Å². The lowest BCUT2D eigenvalue weighted by atomic mass is 9.97. The lowest BCUT2D eigenvalue weighted by Crippen LogP contribution is -2.22. The second kappa shape index (κ2) is 12.1. The van der Waals surface area contributed by atoms with Gasteiger partial charge in [-0.1, -0.05) is 65.7 Å². The van der Waals surface area contributed by atoms with Gasteiger partial charge in [0.15, 0.2) is 0 Å². The summed E-state index contributed by atoms with van der Waals surface area (Å²) >= 11 is 12.1. The number of aryl methyl sites for hydroxylation is 1. The third-order valence-corrected chi connectivity index (χ3v) is 5.24. The summed E-state index contributed by atoms with van der Waals surface area (Å²) in [7, 11) is 0. The zero-order chi connectivity index (χ0) is 21.9. The van der Waals surface area contributed by atoms with Gasteiger partial charge in [-0.25, -0.2) is 0 Å². The molecule has 1 aromatic heterocycles. The van der Waals surface area contributed by atoms with E-state index in [0.29, 0.717) is 16.6 Å². The summed E-state index contributed by atoms with van der Waals surface area (Å²) in [6.45, 7) is 0.647. The van der Waals surface area contributed by atoms with Gasteiger partial charge in [0.05, 0.1) is 0 Å². The molecule has 1 amide bonds. The van der Waals surface area contributed by atoms with Crippen LogP contribution >= 0.6 is 23.2 Å². The maximum atomic E-state index is 12.1. The fourth-order valence-electron chi connectivity index (χ4n) is 3.12. The number of carbonyl (C=O) groups is 1. The van der Waals surface area contributed by atoms with Crippen LogP contribution in [0.1, 0.15) is 29.5 Å². The standard InChI is InChI=1S/C26H24Cl2N2O/c27-23-13-9-21(10-14-23)25(22-11-15-24(28)16-12-22)7-3-8-26(31)30-18-2-1-5-20-6-4-17-29-19-20/h3-4,6-17,19H,1-2,5,18H2,(H,30,31). The third-order valence-electron chi connectivity index (χ3n) is 4.74. The van der Waals surface area contributed by atoms with E-state index in [4.69, 9.17) is 23.2 Å². The molecule has 1 heterocycles. The minimum absolute atomic E-state index is 0.107. The number of nitrogens with zero attached hydrogens (tertiary/aromatic N) is 1. The summed E-state index contributed by atoms with van der Waals surface area (Å²) in [6.07, 6.45) is 11.8. The average Bonchev–Trinajstić information content (AvgIpc) is 2.79. The molecule has 0 unspecified atom stereocenters. The van der Waals surface area contributed by atoms with Gasteiger partial charge in [-0.2, -0.15) is 0 Å². The molecule has 0 fully saturated rings. The van der Waals surface area contributed by atoms with Gasteiger partial charge >= 0.3 is 0 Å². The van der Waals surface area contributed by atoms with Crippen LogP contribution in [0.5, 0.6) is 0 Å². The van der Waals surface area contributed by atoms with Crippen LogP contribution in [0, 0.1) is 0 Å². The largest absolute Gasteiger partial charge is 0.353 e. The summed E-state index contributed by atoms with van der Waals surface area (Å²) in [5, 5.41) is 4.29. The van der Waals surface area contributed by atoms with Crippen LogP contribution in [0.3, 0.4) is 0 Å². The molecule has 0 aliphatic rings. The Morgan fingerprint density at radius 2 is 1.55 bits per heavy atom. The van der Waals surface area contributed by atoms with Crippen molar-refractivity contribution in [3.05, 3.63) is 118 Å². The smallest absolute Gasteiger partial charge is 0.243 e. The fourth-order valence-corrected chi connectivity index (χ4v) is 3.37. The molecule has 0 saturated carbocycles. The van der Waals surface area contributed by atoms with Gasteiger partial charge in [-0.15, -0.1) is 0 Å². The number of unbranched alkanes of at least 4 members (excludes halogenated alkanes) is 1. The maximum absolute atomic E-state index is 12.1. The van der Waals surface area contributed by atoms with Crippen LogP contribution in [0.15, 0.2) is 91.3 Å². The van der Waals surface area contributed by atoms with Gasteiger partial charge < -0.3 is 5.32 Å². The van der Waals surface area contributed by atoms with Gasteiger partial charge in [0, 0.05) is 35.1 Å². The number of allylic oxidation sites excluding steroid dienone is 2. The van der Waals surface area contributed by atoms with E-state index in [1.807, 2.05) is 66.9 Å². The van der Waals surface area contributed by atoms with Gasteiger partial charge in [-0.05, 0) is 71.9 Å². The van der Waals surface area contributed by atoms with Crippen LogP contribution in [-0.2, 0) is 11.2 Å². The maximum Gasteiger partial charge on any atom is 0.243 e. The van der Waals surface area contributed by atoms with Crippen molar-refractivity contribution in [1.29, 1.82) is 0 Å². The zero-order valence-electron chi connectivity index (χ0n) is 17.1. The molecular formula is C26H24Cl2N2O. The topological polar surface area (TPSA) is 42.0 Å². The quantitative estimate of drug-likeness (QED) is 0.229. The Morgan fingerprint density at radius 1 is 0.903 bits per heavy atom. The third kappa shape index (κ3) is 7.71. The predicted octanol–water partition coefficient (Wildman–Crippen LogP) is 6.52. The van der Waals surface area contributed by atoms with Gasteiger partial charge in [0.2, 0.25) is 5.91 Å². The number of carbonyl (C=O) groups excluding carboxylic acids is 1. The monoisotopic (exact) mass is 450 g/mol. The van der Waals surface area contributed by atoms with Gasteiger partial charge in [0.25, 0.3) is 0 Å². The van der Waals surface area contributed by atoms with Crippen molar-refractivity contribution in [1.82, 2.24) is 10.3 Å². The van der Waals surface area contributed by atoms with Crippen molar-refractivity contribution in [2.75, 3.05) is 6.54 Å². The molecule has 0 aliphatic heterocycles. The highest BCUT2D eigenvalue weighted by molar-refractivity contribution is 6.31. The number of hydrogen-bond acceptors (Lipinski definition) is 2. The SMILES string of the molecule is O=C(C=CC=C(c1ccc(Cl)cc1)c1ccc(Cl)cc1)NCCCCc1cccnc1. The summed E-state index contributed by atoms with van der Waals surface area (Å²) in [5.74, 6) is -0.107. The fraction of sp³-hybridized carbons (Fsp3) is 0.154.